The van der Waals surface area contributed by atoms with Crippen molar-refractivity contribution >= 4 is 44.6 Å². The van der Waals surface area contributed by atoms with E-state index in [9.17, 15) is 4.79 Å². The lowest BCUT2D eigenvalue weighted by Gasteiger charge is -2.32. The molecule has 1 N–H and O–H groups in total. The number of benzene rings is 1. The van der Waals surface area contributed by atoms with Gasteiger partial charge in [0.1, 0.15) is 17.0 Å². The molecule has 0 radical (unpaired) electrons. The minimum absolute atomic E-state index is 0.0827. The molecule has 1 aliphatic heterocycles. The highest BCUT2D eigenvalue weighted by Crippen LogP contribution is 2.37. The fourth-order valence-corrected chi connectivity index (χ4v) is 5.81. The van der Waals surface area contributed by atoms with E-state index in [4.69, 9.17) is 0 Å². The van der Waals surface area contributed by atoms with E-state index in [-0.39, 0.29) is 11.8 Å². The Morgan fingerprint density at radius 1 is 1.10 bits per heavy atom. The zero-order valence-electron chi connectivity index (χ0n) is 17.2. The lowest BCUT2D eigenvalue weighted by molar-refractivity contribution is -0.125. The number of hydrogen-bond acceptors (Lipinski definition) is 6. The van der Waals surface area contributed by atoms with Gasteiger partial charge in [0.15, 0.2) is 0 Å². The van der Waals surface area contributed by atoms with Crippen LogP contribution in [-0.4, -0.2) is 35.5 Å². The van der Waals surface area contributed by atoms with Crippen molar-refractivity contribution in [2.24, 2.45) is 5.92 Å². The summed E-state index contributed by atoms with van der Waals surface area (Å²) in [5.74, 6) is 1.25. The summed E-state index contributed by atoms with van der Waals surface area (Å²) >= 11 is 3.44. The van der Waals surface area contributed by atoms with Crippen LogP contribution < -0.4 is 10.2 Å². The van der Waals surface area contributed by atoms with Gasteiger partial charge < -0.3 is 10.2 Å². The molecular formula is C24H24N4OS2. The minimum atomic E-state index is 0.0827. The third kappa shape index (κ3) is 4.48. The molecule has 7 heteroatoms. The van der Waals surface area contributed by atoms with Crippen LogP contribution >= 0.6 is 22.7 Å². The number of rotatable bonds is 6. The van der Waals surface area contributed by atoms with Gasteiger partial charge >= 0.3 is 0 Å². The van der Waals surface area contributed by atoms with Gasteiger partial charge in [-0.25, -0.2) is 9.97 Å². The van der Waals surface area contributed by atoms with E-state index in [0.29, 0.717) is 6.54 Å². The first kappa shape index (κ1) is 20.2. The van der Waals surface area contributed by atoms with Crippen LogP contribution in [0.1, 0.15) is 17.7 Å². The molecule has 1 fully saturated rings. The Labute approximate surface area is 189 Å². The van der Waals surface area contributed by atoms with Crippen molar-refractivity contribution < 1.29 is 4.79 Å². The van der Waals surface area contributed by atoms with Crippen molar-refractivity contribution in [1.29, 1.82) is 0 Å². The SMILES string of the molecule is O=C(NCCc1cccs1)C1CCN(c2ncnc3sc(-c4ccccc4)cc23)CC1. The molecule has 0 atom stereocenters. The van der Waals surface area contributed by atoms with E-state index in [2.05, 4.69) is 68.0 Å². The van der Waals surface area contributed by atoms with Crippen molar-refractivity contribution in [3.8, 4) is 10.4 Å². The second kappa shape index (κ2) is 9.16. The topological polar surface area (TPSA) is 58.1 Å². The third-order valence-corrected chi connectivity index (χ3v) is 7.81. The number of thiophene rings is 2. The van der Waals surface area contributed by atoms with E-state index >= 15 is 0 Å². The highest BCUT2D eigenvalue weighted by Gasteiger charge is 2.26. The lowest BCUT2D eigenvalue weighted by Crippen LogP contribution is -2.41. The molecule has 0 spiro atoms. The molecule has 0 aliphatic carbocycles. The van der Waals surface area contributed by atoms with Gasteiger partial charge in [0, 0.05) is 35.3 Å². The standard InChI is InChI=1S/C24H24N4OS2/c29-23(25-11-8-19-7-4-14-30-19)18-9-12-28(13-10-18)22-20-15-21(17-5-2-1-3-6-17)31-24(20)27-16-26-22/h1-7,14-16,18H,8-13H2,(H,25,29). The van der Waals surface area contributed by atoms with Gasteiger partial charge in [0.25, 0.3) is 0 Å². The van der Waals surface area contributed by atoms with E-state index in [1.54, 1.807) is 29.0 Å². The summed E-state index contributed by atoms with van der Waals surface area (Å²) in [6, 6.07) is 16.8. The van der Waals surface area contributed by atoms with Gasteiger partial charge in [-0.3, -0.25) is 4.79 Å². The molecule has 5 nitrogen and oxygen atoms in total. The molecule has 0 bridgehead atoms. The summed E-state index contributed by atoms with van der Waals surface area (Å²) in [6.45, 7) is 2.39. The van der Waals surface area contributed by atoms with Crippen LogP contribution in [0.2, 0.25) is 0 Å². The Bertz CT molecular complexity index is 1150. The van der Waals surface area contributed by atoms with Crippen molar-refractivity contribution in [3.05, 3.63) is 65.1 Å². The maximum Gasteiger partial charge on any atom is 0.223 e. The normalized spacial score (nSPS) is 14.8. The van der Waals surface area contributed by atoms with Crippen molar-refractivity contribution in [2.75, 3.05) is 24.5 Å². The summed E-state index contributed by atoms with van der Waals surface area (Å²) in [4.78, 5) is 27.5. The van der Waals surface area contributed by atoms with Crippen molar-refractivity contribution in [2.45, 2.75) is 19.3 Å². The quantitative estimate of drug-likeness (QED) is 0.451. The molecule has 3 aromatic heterocycles. The molecule has 0 saturated carbocycles. The molecule has 1 saturated heterocycles. The Morgan fingerprint density at radius 2 is 1.94 bits per heavy atom. The number of nitrogens with one attached hydrogen (secondary N) is 1. The van der Waals surface area contributed by atoms with Crippen molar-refractivity contribution in [1.82, 2.24) is 15.3 Å². The maximum atomic E-state index is 12.6. The number of fused-ring (bicyclic) bond motifs is 1. The zero-order valence-corrected chi connectivity index (χ0v) is 18.8. The lowest BCUT2D eigenvalue weighted by atomic mass is 9.95. The number of amides is 1. The summed E-state index contributed by atoms with van der Waals surface area (Å²) in [7, 11) is 0. The first-order chi connectivity index (χ1) is 15.3. The van der Waals surface area contributed by atoms with Gasteiger partial charge in [-0.15, -0.1) is 22.7 Å². The van der Waals surface area contributed by atoms with E-state index < -0.39 is 0 Å². The zero-order chi connectivity index (χ0) is 21.0. The molecule has 31 heavy (non-hydrogen) atoms. The van der Waals surface area contributed by atoms with Crippen molar-refractivity contribution in [3.63, 3.8) is 0 Å². The van der Waals surface area contributed by atoms with Gasteiger partial charge in [0.05, 0.1) is 5.39 Å². The van der Waals surface area contributed by atoms with E-state index in [0.717, 1.165) is 48.4 Å². The van der Waals surface area contributed by atoms with Crippen LogP contribution in [0.5, 0.6) is 0 Å². The largest absolute Gasteiger partial charge is 0.356 e. The van der Waals surface area contributed by atoms with Crippen LogP contribution in [0.15, 0.2) is 60.2 Å². The smallest absolute Gasteiger partial charge is 0.223 e. The minimum Gasteiger partial charge on any atom is -0.356 e. The molecule has 4 aromatic rings. The third-order valence-electron chi connectivity index (χ3n) is 5.78. The van der Waals surface area contributed by atoms with Crippen LogP contribution in [0.25, 0.3) is 20.7 Å². The number of anilines is 1. The van der Waals surface area contributed by atoms with Gasteiger partial charge in [-0.1, -0.05) is 36.4 Å². The fourth-order valence-electron chi connectivity index (χ4n) is 4.10. The highest BCUT2D eigenvalue weighted by molar-refractivity contribution is 7.21. The molecular weight excluding hydrogens is 424 g/mol. The second-order valence-corrected chi connectivity index (χ2v) is 9.84. The number of piperidine rings is 1. The number of carbonyl (C=O) groups excluding carboxylic acids is 1. The Balaban J connectivity index is 1.23. The van der Waals surface area contributed by atoms with E-state index in [1.807, 2.05) is 6.07 Å². The Morgan fingerprint density at radius 3 is 2.71 bits per heavy atom. The number of carbonyl (C=O) groups is 1. The van der Waals surface area contributed by atoms with Crippen LogP contribution in [0.4, 0.5) is 5.82 Å². The summed E-state index contributed by atoms with van der Waals surface area (Å²) in [6.07, 6.45) is 4.27. The van der Waals surface area contributed by atoms with E-state index in [1.165, 1.54) is 15.3 Å². The molecule has 5 rings (SSSR count). The van der Waals surface area contributed by atoms with Crippen LogP contribution in [0, 0.1) is 5.92 Å². The Kier molecular flexibility index (Phi) is 5.95. The molecule has 4 heterocycles. The summed E-state index contributed by atoms with van der Waals surface area (Å²) in [5.41, 5.74) is 1.20. The average Bonchev–Trinajstić information content (AvgIpc) is 3.49. The molecule has 1 aliphatic rings. The Hall–Kier alpha value is -2.77. The monoisotopic (exact) mass is 448 g/mol. The predicted molar refractivity (Wildman–Crippen MR) is 129 cm³/mol. The molecule has 1 aromatic carbocycles. The molecule has 1 amide bonds. The predicted octanol–water partition coefficient (Wildman–Crippen LogP) is 5.00. The highest BCUT2D eigenvalue weighted by atomic mass is 32.1. The number of hydrogen-bond donors (Lipinski definition) is 1. The van der Waals surface area contributed by atoms with Gasteiger partial charge in [-0.05, 0) is 42.3 Å². The van der Waals surface area contributed by atoms with Crippen LogP contribution in [-0.2, 0) is 11.2 Å². The first-order valence-electron chi connectivity index (χ1n) is 10.6. The van der Waals surface area contributed by atoms with Gasteiger partial charge in [0.2, 0.25) is 5.91 Å². The molecule has 0 unspecified atom stereocenters. The second-order valence-electron chi connectivity index (χ2n) is 7.77. The summed E-state index contributed by atoms with van der Waals surface area (Å²) in [5, 5.41) is 6.30. The maximum absolute atomic E-state index is 12.6. The first-order valence-corrected chi connectivity index (χ1v) is 12.3. The fraction of sp³-hybridized carbons (Fsp3) is 0.292. The number of aromatic nitrogens is 2. The molecule has 158 valence electrons. The van der Waals surface area contributed by atoms with Gasteiger partial charge in [-0.2, -0.15) is 0 Å². The average molecular weight is 449 g/mol. The number of nitrogens with zero attached hydrogens (tertiary/aromatic N) is 3. The van der Waals surface area contributed by atoms with Crippen LogP contribution in [0.3, 0.4) is 0 Å². The summed E-state index contributed by atoms with van der Waals surface area (Å²) < 4.78 is 0.